The van der Waals surface area contributed by atoms with Crippen molar-refractivity contribution in [3.8, 4) is 5.75 Å². The fourth-order valence-electron chi connectivity index (χ4n) is 2.51. The van der Waals surface area contributed by atoms with Gasteiger partial charge in [-0.2, -0.15) is 0 Å². The number of ether oxygens (including phenoxy) is 2. The zero-order valence-corrected chi connectivity index (χ0v) is 13.4. The number of aromatic carboxylic acids is 1. The molecule has 24 heavy (non-hydrogen) atoms. The highest BCUT2D eigenvalue weighted by atomic mass is 16.5. The summed E-state index contributed by atoms with van der Waals surface area (Å²) in [6.07, 6.45) is -0.203. The van der Waals surface area contributed by atoms with Crippen LogP contribution in [0.15, 0.2) is 47.6 Å². The number of aryl methyl sites for hydroxylation is 1. The third-order valence-corrected chi connectivity index (χ3v) is 3.89. The number of hydrogen-bond donors (Lipinski definition) is 2. The minimum Gasteiger partial charge on any atom is -0.496 e. The van der Waals surface area contributed by atoms with Crippen LogP contribution in [0.4, 0.5) is 0 Å². The smallest absolute Gasteiger partial charge is 0.335 e. The third kappa shape index (κ3) is 3.17. The maximum Gasteiger partial charge on any atom is 0.335 e. The lowest BCUT2D eigenvalue weighted by Gasteiger charge is -2.25. The van der Waals surface area contributed by atoms with Gasteiger partial charge in [0.05, 0.1) is 19.2 Å². The molecule has 1 atom stereocenters. The van der Waals surface area contributed by atoms with Crippen LogP contribution in [0.1, 0.15) is 33.2 Å². The van der Waals surface area contributed by atoms with Gasteiger partial charge >= 0.3 is 5.97 Å². The van der Waals surface area contributed by atoms with Crippen molar-refractivity contribution in [1.29, 1.82) is 0 Å². The van der Waals surface area contributed by atoms with Crippen LogP contribution >= 0.6 is 0 Å². The van der Waals surface area contributed by atoms with Gasteiger partial charge in [0, 0.05) is 5.56 Å². The van der Waals surface area contributed by atoms with E-state index in [1.807, 2.05) is 25.1 Å². The topological polar surface area (TPSA) is 80.2 Å². The van der Waals surface area contributed by atoms with E-state index in [1.165, 1.54) is 12.1 Å². The van der Waals surface area contributed by atoms with E-state index in [9.17, 15) is 4.79 Å². The maximum atomic E-state index is 10.9. The zero-order valence-electron chi connectivity index (χ0n) is 13.4. The summed E-state index contributed by atoms with van der Waals surface area (Å²) >= 11 is 0. The minimum atomic E-state index is -0.962. The zero-order chi connectivity index (χ0) is 17.1. The van der Waals surface area contributed by atoms with Gasteiger partial charge in [0.1, 0.15) is 11.9 Å². The molecule has 0 spiro atoms. The van der Waals surface area contributed by atoms with E-state index in [0.29, 0.717) is 12.4 Å². The maximum absolute atomic E-state index is 10.9. The molecular formula is C18H18N2O4. The van der Waals surface area contributed by atoms with Crippen molar-refractivity contribution >= 4 is 11.9 Å². The van der Waals surface area contributed by atoms with Gasteiger partial charge in [-0.15, -0.1) is 5.10 Å². The Morgan fingerprint density at radius 3 is 2.71 bits per heavy atom. The second-order valence-electron chi connectivity index (χ2n) is 5.50. The van der Waals surface area contributed by atoms with Crippen molar-refractivity contribution in [3.63, 3.8) is 0 Å². The first-order valence-corrected chi connectivity index (χ1v) is 7.54. The highest BCUT2D eigenvalue weighted by Crippen LogP contribution is 2.27. The summed E-state index contributed by atoms with van der Waals surface area (Å²) in [7, 11) is 1.64. The van der Waals surface area contributed by atoms with Crippen LogP contribution in [-0.4, -0.2) is 30.6 Å². The molecule has 1 heterocycles. The minimum absolute atomic E-state index is 0.203. The fraction of sp³-hybridized carbons (Fsp3) is 0.222. The number of nitrogens with one attached hydrogen (secondary N) is 1. The molecule has 0 saturated heterocycles. The molecule has 6 heteroatoms. The van der Waals surface area contributed by atoms with Crippen LogP contribution in [0, 0.1) is 6.92 Å². The highest BCUT2D eigenvalue weighted by molar-refractivity contribution is 5.96. The van der Waals surface area contributed by atoms with E-state index in [2.05, 4.69) is 10.5 Å². The summed E-state index contributed by atoms with van der Waals surface area (Å²) in [5, 5.41) is 13.1. The molecule has 3 rings (SSSR count). The molecule has 6 nitrogen and oxygen atoms in total. The van der Waals surface area contributed by atoms with Crippen LogP contribution in [0.25, 0.3) is 0 Å². The quantitative estimate of drug-likeness (QED) is 0.903. The highest BCUT2D eigenvalue weighted by Gasteiger charge is 2.21. The largest absolute Gasteiger partial charge is 0.496 e. The van der Waals surface area contributed by atoms with Gasteiger partial charge in [0.25, 0.3) is 0 Å². The van der Waals surface area contributed by atoms with Crippen molar-refractivity contribution in [2.24, 2.45) is 5.10 Å². The Kier molecular flexibility index (Phi) is 4.37. The van der Waals surface area contributed by atoms with Crippen molar-refractivity contribution in [3.05, 3.63) is 64.7 Å². The second-order valence-corrected chi connectivity index (χ2v) is 5.50. The molecule has 124 valence electrons. The summed E-state index contributed by atoms with van der Waals surface area (Å²) < 4.78 is 11.3. The molecule has 0 saturated carbocycles. The number of carboxylic acids is 1. The predicted octanol–water partition coefficient (Wildman–Crippen LogP) is 2.72. The number of carbonyl (C=O) groups is 1. The van der Waals surface area contributed by atoms with Crippen molar-refractivity contribution in [2.75, 3.05) is 13.7 Å². The number of rotatable bonds is 4. The second kappa shape index (κ2) is 6.62. The number of hydrogen-bond acceptors (Lipinski definition) is 5. The summed E-state index contributed by atoms with van der Waals surface area (Å²) in [6.45, 7) is 2.53. The van der Waals surface area contributed by atoms with E-state index in [1.54, 1.807) is 19.2 Å². The monoisotopic (exact) mass is 326 g/mol. The lowest BCUT2D eigenvalue weighted by atomic mass is 10.1. The summed E-state index contributed by atoms with van der Waals surface area (Å²) in [5.74, 6) is 0.282. The molecule has 0 bridgehead atoms. The Balaban J connectivity index is 1.81. The number of methoxy groups -OCH3 is 1. The lowest BCUT2D eigenvalue weighted by molar-refractivity contribution is 0.0697. The van der Waals surface area contributed by atoms with Gasteiger partial charge in [-0.05, 0) is 48.4 Å². The molecule has 0 aliphatic carbocycles. The fourth-order valence-corrected chi connectivity index (χ4v) is 2.51. The first-order valence-electron chi connectivity index (χ1n) is 7.54. The van der Waals surface area contributed by atoms with Gasteiger partial charge in [-0.1, -0.05) is 12.1 Å². The van der Waals surface area contributed by atoms with Crippen molar-refractivity contribution in [1.82, 2.24) is 5.43 Å². The van der Waals surface area contributed by atoms with Crippen LogP contribution in [0.5, 0.6) is 5.75 Å². The van der Waals surface area contributed by atoms with Gasteiger partial charge < -0.3 is 20.0 Å². The molecule has 1 aliphatic heterocycles. The third-order valence-electron chi connectivity index (χ3n) is 3.89. The first kappa shape index (κ1) is 15.9. The Hall–Kier alpha value is -3.02. The SMILES string of the molecule is COc1cc(C2CNN=C(c3ccc(C(=O)O)cc3)O2)ccc1C. The molecule has 2 aromatic rings. The molecule has 0 fully saturated rings. The molecule has 0 amide bonds. The van der Waals surface area contributed by atoms with E-state index < -0.39 is 5.97 Å². The number of benzene rings is 2. The van der Waals surface area contributed by atoms with Gasteiger partial charge in [-0.25, -0.2) is 4.79 Å². The number of hydrazone groups is 1. The normalized spacial score (nSPS) is 16.6. The van der Waals surface area contributed by atoms with E-state index in [0.717, 1.165) is 22.4 Å². The summed E-state index contributed by atoms with van der Waals surface area (Å²) in [5.41, 5.74) is 5.97. The Morgan fingerprint density at radius 2 is 2.04 bits per heavy atom. The summed E-state index contributed by atoms with van der Waals surface area (Å²) in [6, 6.07) is 12.4. The van der Waals surface area contributed by atoms with Crippen LogP contribution < -0.4 is 10.2 Å². The standard InChI is InChI=1S/C18H18N2O4/c1-11-3-4-14(9-15(11)23-2)16-10-19-20-17(24-16)12-5-7-13(8-6-12)18(21)22/h3-9,16,19H,10H2,1-2H3,(H,21,22). The van der Waals surface area contributed by atoms with Crippen LogP contribution in [0.3, 0.4) is 0 Å². The van der Waals surface area contributed by atoms with Crippen LogP contribution in [0.2, 0.25) is 0 Å². The Labute approximate surface area is 139 Å². The molecular weight excluding hydrogens is 308 g/mol. The lowest BCUT2D eigenvalue weighted by Crippen LogP contribution is -2.29. The molecule has 1 aliphatic rings. The van der Waals surface area contributed by atoms with E-state index >= 15 is 0 Å². The average Bonchev–Trinajstić information content (AvgIpc) is 2.62. The molecule has 2 N–H and O–H groups in total. The van der Waals surface area contributed by atoms with E-state index in [4.69, 9.17) is 14.6 Å². The number of carboxylic acid groups (broad SMARTS) is 1. The average molecular weight is 326 g/mol. The molecule has 0 radical (unpaired) electrons. The predicted molar refractivity (Wildman–Crippen MR) is 89.5 cm³/mol. The molecule has 0 aromatic heterocycles. The van der Waals surface area contributed by atoms with Crippen LogP contribution in [-0.2, 0) is 4.74 Å². The van der Waals surface area contributed by atoms with Crippen molar-refractivity contribution in [2.45, 2.75) is 13.0 Å². The summed E-state index contributed by atoms with van der Waals surface area (Å²) in [4.78, 5) is 10.9. The van der Waals surface area contributed by atoms with E-state index in [-0.39, 0.29) is 11.7 Å². The first-order chi connectivity index (χ1) is 11.6. The molecule has 1 unspecified atom stereocenters. The van der Waals surface area contributed by atoms with Gasteiger partial charge in [0.15, 0.2) is 0 Å². The number of nitrogens with zero attached hydrogens (tertiary/aromatic N) is 1. The Bertz CT molecular complexity index is 784. The van der Waals surface area contributed by atoms with Crippen molar-refractivity contribution < 1.29 is 19.4 Å². The van der Waals surface area contributed by atoms with Gasteiger partial charge in [-0.3, -0.25) is 0 Å². The molecule has 2 aromatic carbocycles. The van der Waals surface area contributed by atoms with Gasteiger partial charge in [0.2, 0.25) is 5.90 Å². The Morgan fingerprint density at radius 1 is 1.29 bits per heavy atom.